The largest absolute Gasteiger partial charge is 0.491 e. The molecule has 0 aliphatic carbocycles. The molecule has 0 heterocycles. The molecule has 1 rings (SSSR count). The Bertz CT molecular complexity index is 365. The predicted octanol–water partition coefficient (Wildman–Crippen LogP) is 1.13. The van der Waals surface area contributed by atoms with Gasteiger partial charge in [-0.15, -0.1) is 0 Å². The first-order chi connectivity index (χ1) is 7.65. The van der Waals surface area contributed by atoms with Gasteiger partial charge in [-0.05, 0) is 24.1 Å². The highest BCUT2D eigenvalue weighted by molar-refractivity contribution is 5.64. The van der Waals surface area contributed by atoms with Crippen molar-refractivity contribution in [1.29, 1.82) is 0 Å². The van der Waals surface area contributed by atoms with Crippen molar-refractivity contribution in [3.8, 4) is 5.75 Å². The molecule has 0 atom stereocenters. The molecule has 0 aliphatic heterocycles. The lowest BCUT2D eigenvalue weighted by atomic mass is 10.1. The Labute approximate surface area is 93.7 Å². The van der Waals surface area contributed by atoms with E-state index < -0.39 is 6.09 Å². The van der Waals surface area contributed by atoms with Crippen LogP contribution in [0, 0.1) is 6.92 Å². The van der Waals surface area contributed by atoms with Gasteiger partial charge in [0, 0.05) is 0 Å². The summed E-state index contributed by atoms with van der Waals surface area (Å²) >= 11 is 0. The normalized spacial score (nSPS) is 9.88. The molecule has 0 radical (unpaired) electrons. The third-order valence-electron chi connectivity index (χ3n) is 2.20. The van der Waals surface area contributed by atoms with Crippen LogP contribution >= 0.6 is 0 Å². The molecule has 0 saturated carbocycles. The van der Waals surface area contributed by atoms with Gasteiger partial charge in [-0.1, -0.05) is 12.1 Å². The van der Waals surface area contributed by atoms with Gasteiger partial charge in [0.1, 0.15) is 12.4 Å². The Balaban J connectivity index is 2.50. The number of carbonyl (C=O) groups is 1. The lowest BCUT2D eigenvalue weighted by Crippen LogP contribution is -2.26. The van der Waals surface area contributed by atoms with Crippen LogP contribution in [0.1, 0.15) is 11.1 Å². The Hall–Kier alpha value is -1.75. The molecular formula is C11H15NO4. The number of carboxylic acid groups (broad SMARTS) is 1. The third kappa shape index (κ3) is 3.43. The molecule has 0 fully saturated rings. The van der Waals surface area contributed by atoms with E-state index in [1.807, 2.05) is 13.0 Å². The average Bonchev–Trinajstić information content (AvgIpc) is 2.26. The number of aliphatic hydroxyl groups excluding tert-OH is 1. The summed E-state index contributed by atoms with van der Waals surface area (Å²) in [5, 5.41) is 19.6. The number of hydrogen-bond acceptors (Lipinski definition) is 3. The van der Waals surface area contributed by atoms with E-state index >= 15 is 0 Å². The number of amides is 1. The van der Waals surface area contributed by atoms with Gasteiger partial charge in [0.15, 0.2) is 0 Å². The van der Waals surface area contributed by atoms with Crippen LogP contribution in [-0.2, 0) is 6.61 Å². The fourth-order valence-electron chi connectivity index (χ4n) is 1.31. The number of rotatable bonds is 5. The minimum absolute atomic E-state index is 0.0313. The van der Waals surface area contributed by atoms with Gasteiger partial charge in [0.25, 0.3) is 0 Å². The van der Waals surface area contributed by atoms with Crippen LogP contribution in [0.2, 0.25) is 0 Å². The van der Waals surface area contributed by atoms with E-state index in [9.17, 15) is 4.79 Å². The van der Waals surface area contributed by atoms with E-state index in [0.29, 0.717) is 5.75 Å². The van der Waals surface area contributed by atoms with Crippen LogP contribution in [0.25, 0.3) is 0 Å². The zero-order chi connectivity index (χ0) is 12.0. The van der Waals surface area contributed by atoms with Gasteiger partial charge in [-0.3, -0.25) is 0 Å². The van der Waals surface area contributed by atoms with Crippen molar-refractivity contribution >= 4 is 6.09 Å². The quantitative estimate of drug-likeness (QED) is 0.656. The number of aliphatic hydroxyl groups is 1. The van der Waals surface area contributed by atoms with Crippen LogP contribution in [0.15, 0.2) is 18.2 Å². The molecule has 0 saturated heterocycles. The van der Waals surface area contributed by atoms with Gasteiger partial charge >= 0.3 is 6.09 Å². The van der Waals surface area contributed by atoms with Gasteiger partial charge in [0.05, 0.1) is 13.2 Å². The highest BCUT2D eigenvalue weighted by Crippen LogP contribution is 2.20. The minimum atomic E-state index is -1.07. The maximum atomic E-state index is 10.2. The minimum Gasteiger partial charge on any atom is -0.491 e. The van der Waals surface area contributed by atoms with Crippen molar-refractivity contribution < 1.29 is 19.7 Å². The monoisotopic (exact) mass is 225 g/mol. The summed E-state index contributed by atoms with van der Waals surface area (Å²) in [4.78, 5) is 10.2. The van der Waals surface area contributed by atoms with Crippen LogP contribution in [0.4, 0.5) is 4.79 Å². The van der Waals surface area contributed by atoms with E-state index in [0.717, 1.165) is 11.1 Å². The predicted molar refractivity (Wildman–Crippen MR) is 58.6 cm³/mol. The fourth-order valence-corrected chi connectivity index (χ4v) is 1.31. The summed E-state index contributed by atoms with van der Waals surface area (Å²) in [5.41, 5.74) is 1.68. The van der Waals surface area contributed by atoms with Crippen LogP contribution < -0.4 is 10.1 Å². The van der Waals surface area contributed by atoms with E-state index in [1.54, 1.807) is 12.1 Å². The summed E-state index contributed by atoms with van der Waals surface area (Å²) in [7, 11) is 0. The van der Waals surface area contributed by atoms with Crippen LogP contribution in [-0.4, -0.2) is 29.5 Å². The molecule has 5 nitrogen and oxygen atoms in total. The fraction of sp³-hybridized carbons (Fsp3) is 0.364. The van der Waals surface area contributed by atoms with Crippen LogP contribution in [0.3, 0.4) is 0 Å². The average molecular weight is 225 g/mol. The number of hydrogen-bond donors (Lipinski definition) is 3. The molecule has 0 aromatic heterocycles. The Morgan fingerprint density at radius 1 is 1.50 bits per heavy atom. The highest BCUT2D eigenvalue weighted by atomic mass is 16.5. The second-order valence-corrected chi connectivity index (χ2v) is 3.28. The lowest BCUT2D eigenvalue weighted by molar-refractivity contribution is 0.191. The zero-order valence-corrected chi connectivity index (χ0v) is 9.06. The second-order valence-electron chi connectivity index (χ2n) is 3.28. The second kappa shape index (κ2) is 5.97. The maximum Gasteiger partial charge on any atom is 0.404 e. The van der Waals surface area contributed by atoms with E-state index in [4.69, 9.17) is 14.9 Å². The van der Waals surface area contributed by atoms with E-state index in [-0.39, 0.29) is 19.8 Å². The SMILES string of the molecule is Cc1c(CO)cccc1OCCNC(=O)O. The molecule has 1 aromatic carbocycles. The summed E-state index contributed by atoms with van der Waals surface area (Å²) < 4.78 is 5.39. The number of ether oxygens (including phenoxy) is 1. The molecule has 1 aromatic rings. The first-order valence-electron chi connectivity index (χ1n) is 4.94. The summed E-state index contributed by atoms with van der Waals surface area (Å²) in [6.45, 7) is 2.32. The standard InChI is InChI=1S/C11H15NO4/c1-8-9(7-13)3-2-4-10(8)16-6-5-12-11(14)15/h2-4,12-13H,5-7H2,1H3,(H,14,15). The molecule has 16 heavy (non-hydrogen) atoms. The molecule has 0 aliphatic rings. The summed E-state index contributed by atoms with van der Waals surface area (Å²) in [5.74, 6) is 0.665. The third-order valence-corrected chi connectivity index (χ3v) is 2.20. The Morgan fingerprint density at radius 2 is 2.25 bits per heavy atom. The molecule has 0 unspecified atom stereocenters. The van der Waals surface area contributed by atoms with Crippen LogP contribution in [0.5, 0.6) is 5.75 Å². The van der Waals surface area contributed by atoms with Crippen molar-refractivity contribution in [3.05, 3.63) is 29.3 Å². The topological polar surface area (TPSA) is 78.8 Å². The first-order valence-corrected chi connectivity index (χ1v) is 4.94. The summed E-state index contributed by atoms with van der Waals surface area (Å²) in [6.07, 6.45) is -1.07. The molecule has 3 N–H and O–H groups in total. The van der Waals surface area contributed by atoms with Crippen molar-refractivity contribution in [2.24, 2.45) is 0 Å². The molecule has 0 spiro atoms. The maximum absolute atomic E-state index is 10.2. The van der Waals surface area contributed by atoms with Crippen molar-refractivity contribution in [1.82, 2.24) is 5.32 Å². The molecule has 88 valence electrons. The molecule has 0 bridgehead atoms. The Kier molecular flexibility index (Phi) is 4.60. The Morgan fingerprint density at radius 3 is 2.88 bits per heavy atom. The van der Waals surface area contributed by atoms with Crippen molar-refractivity contribution in [2.45, 2.75) is 13.5 Å². The smallest absolute Gasteiger partial charge is 0.404 e. The molecule has 5 heteroatoms. The van der Waals surface area contributed by atoms with E-state index in [1.165, 1.54) is 0 Å². The number of benzene rings is 1. The summed E-state index contributed by atoms with van der Waals surface area (Å²) in [6, 6.07) is 5.39. The highest BCUT2D eigenvalue weighted by Gasteiger charge is 2.03. The zero-order valence-electron chi connectivity index (χ0n) is 9.06. The van der Waals surface area contributed by atoms with E-state index in [2.05, 4.69) is 5.32 Å². The van der Waals surface area contributed by atoms with Gasteiger partial charge < -0.3 is 20.3 Å². The molecule has 1 amide bonds. The van der Waals surface area contributed by atoms with Crippen molar-refractivity contribution in [3.63, 3.8) is 0 Å². The first kappa shape index (κ1) is 12.3. The molecular weight excluding hydrogens is 210 g/mol. The lowest BCUT2D eigenvalue weighted by Gasteiger charge is -2.11. The van der Waals surface area contributed by atoms with Gasteiger partial charge in [0.2, 0.25) is 0 Å². The van der Waals surface area contributed by atoms with Gasteiger partial charge in [-0.25, -0.2) is 4.79 Å². The number of nitrogens with one attached hydrogen (secondary N) is 1. The van der Waals surface area contributed by atoms with Crippen molar-refractivity contribution in [2.75, 3.05) is 13.2 Å². The van der Waals surface area contributed by atoms with Gasteiger partial charge in [-0.2, -0.15) is 0 Å².